The van der Waals surface area contributed by atoms with Gasteiger partial charge in [-0.15, -0.1) is 0 Å². The Morgan fingerprint density at radius 3 is 2.72 bits per heavy atom. The molecule has 0 bridgehead atoms. The number of nitrogens with one attached hydrogen (secondary N) is 1. The number of likely N-dealkylation sites (N-methyl/N-ethyl adjacent to an activating group) is 1. The maximum atomic E-state index is 12.6. The molecule has 0 spiro atoms. The third kappa shape index (κ3) is 2.41. The van der Waals surface area contributed by atoms with Crippen LogP contribution < -0.4 is 0 Å². The van der Waals surface area contributed by atoms with E-state index in [4.69, 9.17) is 0 Å². The van der Waals surface area contributed by atoms with Crippen LogP contribution in [-0.2, 0) is 0 Å². The van der Waals surface area contributed by atoms with Gasteiger partial charge in [-0.3, -0.25) is 9.89 Å². The highest BCUT2D eigenvalue weighted by atomic mass is 16.2. The molecule has 5 heteroatoms. The van der Waals surface area contributed by atoms with Crippen LogP contribution in [0.3, 0.4) is 0 Å². The van der Waals surface area contributed by atoms with E-state index in [9.17, 15) is 4.79 Å². The Kier molecular flexibility index (Phi) is 3.71. The molecule has 1 aliphatic rings. The minimum absolute atomic E-state index is 0.113. The zero-order valence-electron chi connectivity index (χ0n) is 11.7. The molecule has 1 unspecified atom stereocenters. The summed E-state index contributed by atoms with van der Waals surface area (Å²) in [7, 11) is 2.11. The number of H-pyrrole nitrogens is 1. The number of carbonyl (C=O) groups excluding carboxylic acids is 1. The number of amides is 1. The summed E-state index contributed by atoms with van der Waals surface area (Å²) in [6.07, 6.45) is 1.03. The maximum Gasteiger partial charge on any atom is 0.257 e. The molecular weight excluding hydrogens is 228 g/mol. The van der Waals surface area contributed by atoms with Gasteiger partial charge in [-0.2, -0.15) is 5.10 Å². The lowest BCUT2D eigenvalue weighted by atomic mass is 10.1. The van der Waals surface area contributed by atoms with Gasteiger partial charge in [0, 0.05) is 24.8 Å². The van der Waals surface area contributed by atoms with Crippen molar-refractivity contribution < 1.29 is 4.79 Å². The van der Waals surface area contributed by atoms with Crippen LogP contribution in [0.5, 0.6) is 0 Å². The van der Waals surface area contributed by atoms with Gasteiger partial charge < -0.3 is 9.80 Å². The van der Waals surface area contributed by atoms with Crippen molar-refractivity contribution in [1.29, 1.82) is 0 Å². The molecule has 0 saturated carbocycles. The third-order valence-corrected chi connectivity index (χ3v) is 3.65. The summed E-state index contributed by atoms with van der Waals surface area (Å²) in [6.45, 7) is 8.71. The van der Waals surface area contributed by atoms with Gasteiger partial charge in [0.2, 0.25) is 0 Å². The van der Waals surface area contributed by atoms with E-state index in [-0.39, 0.29) is 11.9 Å². The molecule has 0 aliphatic carbocycles. The molecule has 2 rings (SSSR count). The van der Waals surface area contributed by atoms with Crippen molar-refractivity contribution in [3.05, 3.63) is 17.0 Å². The molecule has 100 valence electrons. The van der Waals surface area contributed by atoms with Crippen LogP contribution in [0.15, 0.2) is 0 Å². The van der Waals surface area contributed by atoms with Crippen molar-refractivity contribution in [2.75, 3.05) is 26.7 Å². The van der Waals surface area contributed by atoms with Crippen molar-refractivity contribution in [1.82, 2.24) is 20.0 Å². The fraction of sp³-hybridized carbons (Fsp3) is 0.692. The lowest BCUT2D eigenvalue weighted by molar-refractivity contribution is 0.0695. The van der Waals surface area contributed by atoms with Crippen LogP contribution in [-0.4, -0.2) is 58.6 Å². The Morgan fingerprint density at radius 1 is 1.39 bits per heavy atom. The molecule has 1 N–H and O–H groups in total. The minimum Gasteiger partial charge on any atom is -0.334 e. The summed E-state index contributed by atoms with van der Waals surface area (Å²) in [5, 5.41) is 7.00. The zero-order chi connectivity index (χ0) is 13.3. The normalized spacial score (nSPS) is 22.0. The van der Waals surface area contributed by atoms with Crippen molar-refractivity contribution in [3.8, 4) is 0 Å². The first-order chi connectivity index (χ1) is 8.50. The van der Waals surface area contributed by atoms with Crippen molar-refractivity contribution in [2.24, 2.45) is 0 Å². The zero-order valence-corrected chi connectivity index (χ0v) is 11.7. The Bertz CT molecular complexity index is 421. The highest BCUT2D eigenvalue weighted by Gasteiger charge is 2.27. The van der Waals surface area contributed by atoms with Gasteiger partial charge in [0.05, 0.1) is 11.3 Å². The number of rotatable bonds is 1. The van der Waals surface area contributed by atoms with Crippen LogP contribution >= 0.6 is 0 Å². The molecule has 0 aromatic carbocycles. The van der Waals surface area contributed by atoms with Gasteiger partial charge >= 0.3 is 0 Å². The van der Waals surface area contributed by atoms with Crippen LogP contribution in [0.4, 0.5) is 0 Å². The van der Waals surface area contributed by atoms with Crippen LogP contribution in [0.25, 0.3) is 0 Å². The lowest BCUT2D eigenvalue weighted by Gasteiger charge is -2.28. The predicted octanol–water partition coefficient (Wildman–Crippen LogP) is 1.19. The van der Waals surface area contributed by atoms with Gasteiger partial charge in [-0.1, -0.05) is 0 Å². The highest BCUT2D eigenvalue weighted by molar-refractivity contribution is 5.96. The quantitative estimate of drug-likeness (QED) is 0.814. The summed E-state index contributed by atoms with van der Waals surface area (Å²) in [6, 6.07) is 0.249. The van der Waals surface area contributed by atoms with E-state index in [0.29, 0.717) is 0 Å². The Balaban J connectivity index is 2.22. The molecule has 1 aliphatic heterocycles. The van der Waals surface area contributed by atoms with E-state index < -0.39 is 0 Å². The molecule has 2 heterocycles. The van der Waals surface area contributed by atoms with Gasteiger partial charge in [0.25, 0.3) is 5.91 Å². The molecule has 1 atom stereocenters. The second kappa shape index (κ2) is 5.10. The molecule has 18 heavy (non-hydrogen) atoms. The fourth-order valence-electron chi connectivity index (χ4n) is 2.68. The largest absolute Gasteiger partial charge is 0.334 e. The van der Waals surface area contributed by atoms with Crippen LogP contribution in [0, 0.1) is 13.8 Å². The predicted molar refractivity (Wildman–Crippen MR) is 70.7 cm³/mol. The first kappa shape index (κ1) is 13.1. The topological polar surface area (TPSA) is 52.2 Å². The van der Waals surface area contributed by atoms with Crippen LogP contribution in [0.2, 0.25) is 0 Å². The second-order valence-electron chi connectivity index (χ2n) is 5.27. The molecule has 5 nitrogen and oxygen atoms in total. The van der Waals surface area contributed by atoms with Crippen molar-refractivity contribution in [2.45, 2.75) is 33.2 Å². The maximum absolute atomic E-state index is 12.6. The molecule has 1 amide bonds. The summed E-state index contributed by atoms with van der Waals surface area (Å²) >= 11 is 0. The van der Waals surface area contributed by atoms with E-state index >= 15 is 0 Å². The SMILES string of the molecule is Cc1n[nH]c(C)c1C(=O)N1CCCN(C)CC1C. The second-order valence-corrected chi connectivity index (χ2v) is 5.27. The highest BCUT2D eigenvalue weighted by Crippen LogP contribution is 2.17. The van der Waals surface area contributed by atoms with E-state index in [1.807, 2.05) is 18.7 Å². The summed E-state index contributed by atoms with van der Waals surface area (Å²) in [5.74, 6) is 0.113. The number of hydrogen-bond donors (Lipinski definition) is 1. The fourth-order valence-corrected chi connectivity index (χ4v) is 2.68. The van der Waals surface area contributed by atoms with E-state index in [2.05, 4.69) is 29.1 Å². The summed E-state index contributed by atoms with van der Waals surface area (Å²) in [4.78, 5) is 16.9. The first-order valence-electron chi connectivity index (χ1n) is 6.51. The monoisotopic (exact) mass is 250 g/mol. The van der Waals surface area contributed by atoms with Gasteiger partial charge in [-0.05, 0) is 40.8 Å². The standard InChI is InChI=1S/C13H22N4O/c1-9-8-16(4)6-5-7-17(9)13(18)12-10(2)14-15-11(12)3/h9H,5-8H2,1-4H3,(H,14,15). The summed E-state index contributed by atoms with van der Waals surface area (Å²) < 4.78 is 0. The molecule has 1 aromatic heterocycles. The number of nitrogens with zero attached hydrogens (tertiary/aromatic N) is 3. The third-order valence-electron chi connectivity index (χ3n) is 3.65. The number of carbonyl (C=O) groups is 1. The van der Waals surface area contributed by atoms with Crippen molar-refractivity contribution >= 4 is 5.91 Å². The molecule has 1 aromatic rings. The van der Waals surface area contributed by atoms with Crippen molar-refractivity contribution in [3.63, 3.8) is 0 Å². The van der Waals surface area contributed by atoms with E-state index in [0.717, 1.165) is 43.0 Å². The average molecular weight is 250 g/mol. The van der Waals surface area contributed by atoms with E-state index in [1.165, 1.54) is 0 Å². The smallest absolute Gasteiger partial charge is 0.257 e. The van der Waals surface area contributed by atoms with Gasteiger partial charge in [0.1, 0.15) is 0 Å². The number of aromatic amines is 1. The Morgan fingerprint density at radius 2 is 2.11 bits per heavy atom. The lowest BCUT2D eigenvalue weighted by Crippen LogP contribution is -2.42. The molecule has 1 fully saturated rings. The number of hydrogen-bond acceptors (Lipinski definition) is 3. The Labute approximate surface area is 108 Å². The number of aryl methyl sites for hydroxylation is 2. The van der Waals surface area contributed by atoms with E-state index in [1.54, 1.807) is 0 Å². The first-order valence-corrected chi connectivity index (χ1v) is 6.51. The Hall–Kier alpha value is -1.36. The van der Waals surface area contributed by atoms with Gasteiger partial charge in [-0.25, -0.2) is 0 Å². The van der Waals surface area contributed by atoms with Crippen LogP contribution in [0.1, 0.15) is 35.1 Å². The van der Waals surface area contributed by atoms with Gasteiger partial charge in [0.15, 0.2) is 0 Å². The summed E-state index contributed by atoms with van der Waals surface area (Å²) in [5.41, 5.74) is 2.40. The molecule has 1 saturated heterocycles. The molecule has 0 radical (unpaired) electrons. The average Bonchev–Trinajstić information content (AvgIpc) is 2.53. The molecular formula is C13H22N4O. The number of aromatic nitrogens is 2. The minimum atomic E-state index is 0.113.